The molecule has 0 amide bonds. The summed E-state index contributed by atoms with van der Waals surface area (Å²) in [6.07, 6.45) is 0.422. The third-order valence-corrected chi connectivity index (χ3v) is 4.02. The van der Waals surface area contributed by atoms with Gasteiger partial charge in [0.1, 0.15) is 6.04 Å². The molecule has 1 atom stereocenters. The fourth-order valence-electron chi connectivity index (χ4n) is 1.32. The van der Waals surface area contributed by atoms with Gasteiger partial charge >= 0.3 is 5.97 Å². The maximum absolute atomic E-state index is 10.5. The molecule has 0 spiro atoms. The first kappa shape index (κ1) is 14.0. The highest BCUT2D eigenvalue weighted by molar-refractivity contribution is 7.98. The Bertz CT molecular complexity index is 527. The summed E-state index contributed by atoms with van der Waals surface area (Å²) in [5.41, 5.74) is 6.34. The third-order valence-electron chi connectivity index (χ3n) is 2.36. The molecule has 0 aliphatic carbocycles. The lowest BCUT2D eigenvalue weighted by Gasteiger charge is -2.03. The Morgan fingerprint density at radius 1 is 1.63 bits per heavy atom. The van der Waals surface area contributed by atoms with E-state index >= 15 is 0 Å². The Labute approximate surface area is 118 Å². The number of carbonyl (C=O) groups is 1. The van der Waals surface area contributed by atoms with E-state index in [4.69, 9.17) is 15.4 Å². The van der Waals surface area contributed by atoms with Gasteiger partial charge in [0.2, 0.25) is 11.7 Å². The van der Waals surface area contributed by atoms with Crippen LogP contribution >= 0.6 is 23.1 Å². The highest BCUT2D eigenvalue weighted by atomic mass is 32.2. The molecule has 2 aromatic rings. The van der Waals surface area contributed by atoms with E-state index in [0.717, 1.165) is 5.56 Å². The fourth-order valence-corrected chi connectivity index (χ4v) is 2.81. The second kappa shape index (κ2) is 6.69. The molecule has 2 rings (SSSR count). The predicted octanol–water partition coefficient (Wildman–Crippen LogP) is 1.83. The van der Waals surface area contributed by atoms with Crippen LogP contribution in [0.3, 0.4) is 0 Å². The number of nitrogens with zero attached hydrogens (tertiary/aromatic N) is 2. The average molecular weight is 299 g/mol. The van der Waals surface area contributed by atoms with Crippen LogP contribution in [0.4, 0.5) is 0 Å². The molecule has 8 heteroatoms. The first-order valence-electron chi connectivity index (χ1n) is 5.58. The van der Waals surface area contributed by atoms with Gasteiger partial charge in [-0.05, 0) is 23.6 Å². The first-order valence-corrected chi connectivity index (χ1v) is 7.68. The summed E-state index contributed by atoms with van der Waals surface area (Å²) < 4.78 is 5.12. The van der Waals surface area contributed by atoms with Crippen molar-refractivity contribution in [2.45, 2.75) is 18.2 Å². The first-order chi connectivity index (χ1) is 9.16. The number of aromatic nitrogens is 2. The number of thioether (sulfide) groups is 1. The number of aliphatic carboxylic acids is 1. The predicted molar refractivity (Wildman–Crippen MR) is 74.0 cm³/mol. The molecule has 6 nitrogen and oxygen atoms in total. The van der Waals surface area contributed by atoms with E-state index in [1.54, 1.807) is 11.3 Å². The van der Waals surface area contributed by atoms with Crippen molar-refractivity contribution in [3.05, 3.63) is 22.7 Å². The Hall–Kier alpha value is -1.38. The van der Waals surface area contributed by atoms with Crippen LogP contribution in [0.5, 0.6) is 0 Å². The molecule has 102 valence electrons. The van der Waals surface area contributed by atoms with Crippen molar-refractivity contribution in [2.24, 2.45) is 5.73 Å². The molecule has 0 aliphatic rings. The van der Waals surface area contributed by atoms with Crippen LogP contribution < -0.4 is 5.73 Å². The minimum absolute atomic E-state index is 0.422. The minimum atomic E-state index is -0.974. The SMILES string of the molecule is NC(CCSCc1nc(-c2ccsc2)no1)C(=O)O. The Balaban J connectivity index is 1.77. The molecular formula is C11H13N3O3S2. The Kier molecular flexibility index (Phi) is 4.94. The molecule has 3 N–H and O–H groups in total. The summed E-state index contributed by atoms with van der Waals surface area (Å²) in [7, 11) is 0. The van der Waals surface area contributed by atoms with E-state index < -0.39 is 12.0 Å². The number of carboxylic acids is 1. The monoisotopic (exact) mass is 299 g/mol. The van der Waals surface area contributed by atoms with Crippen molar-refractivity contribution >= 4 is 29.1 Å². The highest BCUT2D eigenvalue weighted by Gasteiger charge is 2.12. The van der Waals surface area contributed by atoms with Gasteiger partial charge in [-0.15, -0.1) is 0 Å². The number of thiophene rings is 1. The molecule has 1 unspecified atom stereocenters. The summed E-state index contributed by atoms with van der Waals surface area (Å²) in [6.45, 7) is 0. The second-order valence-electron chi connectivity index (χ2n) is 3.81. The van der Waals surface area contributed by atoms with E-state index in [2.05, 4.69) is 10.1 Å². The van der Waals surface area contributed by atoms with E-state index in [0.29, 0.717) is 29.6 Å². The molecule has 0 aliphatic heterocycles. The summed E-state index contributed by atoms with van der Waals surface area (Å²) in [4.78, 5) is 14.8. The van der Waals surface area contributed by atoms with E-state index in [-0.39, 0.29) is 0 Å². The van der Waals surface area contributed by atoms with E-state index in [9.17, 15) is 4.79 Å². The van der Waals surface area contributed by atoms with Crippen LogP contribution in [-0.4, -0.2) is 33.0 Å². The second-order valence-corrected chi connectivity index (χ2v) is 5.69. The van der Waals surface area contributed by atoms with Crippen molar-refractivity contribution < 1.29 is 14.4 Å². The number of hydrogen-bond donors (Lipinski definition) is 2. The molecule has 19 heavy (non-hydrogen) atoms. The van der Waals surface area contributed by atoms with Gasteiger partial charge in [-0.25, -0.2) is 0 Å². The quantitative estimate of drug-likeness (QED) is 0.752. The van der Waals surface area contributed by atoms with E-state index in [1.165, 1.54) is 11.8 Å². The van der Waals surface area contributed by atoms with Crippen molar-refractivity contribution in [1.29, 1.82) is 0 Å². The zero-order valence-electron chi connectivity index (χ0n) is 9.98. The van der Waals surface area contributed by atoms with Crippen molar-refractivity contribution in [2.75, 3.05) is 5.75 Å². The van der Waals surface area contributed by atoms with Crippen molar-refractivity contribution in [1.82, 2.24) is 10.1 Å². The number of nitrogens with two attached hydrogens (primary N) is 1. The Morgan fingerprint density at radius 3 is 3.16 bits per heavy atom. The highest BCUT2D eigenvalue weighted by Crippen LogP contribution is 2.20. The molecule has 0 saturated carbocycles. The zero-order valence-corrected chi connectivity index (χ0v) is 11.6. The van der Waals surface area contributed by atoms with Crippen molar-refractivity contribution in [3.63, 3.8) is 0 Å². The van der Waals surface area contributed by atoms with Gasteiger partial charge < -0.3 is 15.4 Å². The van der Waals surface area contributed by atoms with Crippen LogP contribution in [0.25, 0.3) is 11.4 Å². The van der Waals surface area contributed by atoms with Gasteiger partial charge in [0, 0.05) is 10.9 Å². The smallest absolute Gasteiger partial charge is 0.320 e. The van der Waals surface area contributed by atoms with E-state index in [1.807, 2.05) is 16.8 Å². The number of carboxylic acid groups (broad SMARTS) is 1. The lowest BCUT2D eigenvalue weighted by Crippen LogP contribution is -2.30. The fraction of sp³-hybridized carbons (Fsp3) is 0.364. The van der Waals surface area contributed by atoms with Gasteiger partial charge in [0.15, 0.2) is 0 Å². The standard InChI is InChI=1S/C11H13N3O3S2/c12-8(11(15)16)2-4-19-6-9-13-10(14-17-9)7-1-3-18-5-7/h1,3,5,8H,2,4,6,12H2,(H,15,16). The third kappa shape index (κ3) is 4.05. The largest absolute Gasteiger partial charge is 0.480 e. The lowest BCUT2D eigenvalue weighted by molar-refractivity contribution is -0.138. The maximum Gasteiger partial charge on any atom is 0.320 e. The summed E-state index contributed by atoms with van der Waals surface area (Å²) in [6, 6.07) is 1.12. The summed E-state index contributed by atoms with van der Waals surface area (Å²) in [5.74, 6) is 1.35. The molecule has 2 aromatic heterocycles. The van der Waals surface area contributed by atoms with Crippen LogP contribution in [0.2, 0.25) is 0 Å². The number of hydrogen-bond acceptors (Lipinski definition) is 7. The number of rotatable bonds is 7. The molecule has 0 saturated heterocycles. The maximum atomic E-state index is 10.5. The average Bonchev–Trinajstić information content (AvgIpc) is 3.04. The van der Waals surface area contributed by atoms with Gasteiger partial charge in [0.05, 0.1) is 5.75 Å². The lowest BCUT2D eigenvalue weighted by atomic mass is 10.2. The van der Waals surface area contributed by atoms with Gasteiger partial charge in [-0.2, -0.15) is 28.1 Å². The molecule has 0 radical (unpaired) electrons. The normalized spacial score (nSPS) is 12.5. The van der Waals surface area contributed by atoms with Gasteiger partial charge in [-0.3, -0.25) is 4.79 Å². The summed E-state index contributed by atoms with van der Waals surface area (Å²) >= 11 is 3.10. The summed E-state index contributed by atoms with van der Waals surface area (Å²) in [5, 5.41) is 16.4. The van der Waals surface area contributed by atoms with Crippen LogP contribution in [-0.2, 0) is 10.5 Å². The van der Waals surface area contributed by atoms with Crippen LogP contribution in [0.1, 0.15) is 12.3 Å². The van der Waals surface area contributed by atoms with Crippen molar-refractivity contribution in [3.8, 4) is 11.4 Å². The van der Waals surface area contributed by atoms with Gasteiger partial charge in [0.25, 0.3) is 0 Å². The molecular weight excluding hydrogens is 286 g/mol. The van der Waals surface area contributed by atoms with Crippen LogP contribution in [0, 0.1) is 0 Å². The topological polar surface area (TPSA) is 102 Å². The molecule has 0 bridgehead atoms. The molecule has 0 fully saturated rings. The minimum Gasteiger partial charge on any atom is -0.480 e. The van der Waals surface area contributed by atoms with Crippen LogP contribution in [0.15, 0.2) is 21.3 Å². The van der Waals surface area contributed by atoms with Gasteiger partial charge in [-0.1, -0.05) is 5.16 Å². The molecule has 0 aromatic carbocycles. The zero-order chi connectivity index (χ0) is 13.7. The Morgan fingerprint density at radius 2 is 2.47 bits per heavy atom. The molecule has 2 heterocycles.